The molecule has 1 atom stereocenters. The Morgan fingerprint density at radius 2 is 1.97 bits per heavy atom. The Labute approximate surface area is 179 Å². The molecule has 5 nitrogen and oxygen atoms in total. The average molecular weight is 420 g/mol. The number of nitrogens with one attached hydrogen (secondary N) is 1. The Kier molecular flexibility index (Phi) is 7.58. The summed E-state index contributed by atoms with van der Waals surface area (Å²) in [7, 11) is 0. The summed E-state index contributed by atoms with van der Waals surface area (Å²) in [6.07, 6.45) is 8.83. The monoisotopic (exact) mass is 419 g/mol. The fourth-order valence-corrected chi connectivity index (χ4v) is 5.25. The van der Waals surface area contributed by atoms with Gasteiger partial charge in [0.15, 0.2) is 0 Å². The predicted octanol–water partition coefficient (Wildman–Crippen LogP) is 4.16. The number of benzene rings is 1. The number of amides is 2. The highest BCUT2D eigenvalue weighted by Crippen LogP contribution is 2.35. The molecule has 0 aromatic heterocycles. The lowest BCUT2D eigenvalue weighted by Gasteiger charge is -2.37. The molecule has 29 heavy (non-hydrogen) atoms. The molecule has 2 aliphatic rings. The quantitative estimate of drug-likeness (QED) is 0.696. The molecule has 1 aliphatic carbocycles. The maximum atomic E-state index is 13.3. The first kappa shape index (κ1) is 22.1. The number of nitrogens with two attached hydrogens (primary N) is 1. The molecule has 3 N–H and O–H groups in total. The molecule has 0 bridgehead atoms. The summed E-state index contributed by atoms with van der Waals surface area (Å²) in [5, 5.41) is 3.70. The van der Waals surface area contributed by atoms with E-state index in [9.17, 15) is 9.59 Å². The van der Waals surface area contributed by atoms with Crippen molar-refractivity contribution in [3.63, 3.8) is 0 Å². The maximum Gasteiger partial charge on any atom is 0.246 e. The minimum Gasteiger partial charge on any atom is -0.350 e. The molecular weight excluding hydrogens is 386 g/mol. The Hall–Kier alpha value is -1.59. The number of likely N-dealkylation sites (tertiary alicyclic amines) is 1. The van der Waals surface area contributed by atoms with E-state index in [2.05, 4.69) is 5.32 Å². The van der Waals surface area contributed by atoms with Crippen LogP contribution in [0.3, 0.4) is 0 Å². The third kappa shape index (κ3) is 4.95. The molecular formula is C23H34ClN3O2. The lowest BCUT2D eigenvalue weighted by Crippen LogP contribution is -2.57. The van der Waals surface area contributed by atoms with Crippen molar-refractivity contribution in [3.8, 4) is 0 Å². The van der Waals surface area contributed by atoms with Crippen LogP contribution < -0.4 is 11.1 Å². The maximum absolute atomic E-state index is 13.3. The first-order chi connectivity index (χ1) is 14.0. The van der Waals surface area contributed by atoms with E-state index in [-0.39, 0.29) is 11.8 Å². The van der Waals surface area contributed by atoms with Crippen molar-refractivity contribution in [2.45, 2.75) is 83.3 Å². The Morgan fingerprint density at radius 1 is 1.21 bits per heavy atom. The second-order valence-corrected chi connectivity index (χ2v) is 8.98. The van der Waals surface area contributed by atoms with Crippen molar-refractivity contribution in [3.05, 3.63) is 34.3 Å². The van der Waals surface area contributed by atoms with E-state index >= 15 is 0 Å². The minimum atomic E-state index is -0.729. The molecule has 2 fully saturated rings. The lowest BCUT2D eigenvalue weighted by atomic mass is 9.85. The fraction of sp³-hybridized carbons (Fsp3) is 0.652. The SMILES string of the molecule is CCC1(C(=O)NCc2cc(Cl)ccc2CN)CCCN1C(=O)CC1CCCCC1. The van der Waals surface area contributed by atoms with Gasteiger partial charge in [-0.25, -0.2) is 0 Å². The summed E-state index contributed by atoms with van der Waals surface area (Å²) >= 11 is 6.12. The van der Waals surface area contributed by atoms with Gasteiger partial charge in [-0.1, -0.05) is 43.9 Å². The van der Waals surface area contributed by atoms with Crippen molar-refractivity contribution in [1.29, 1.82) is 0 Å². The molecule has 2 amide bonds. The van der Waals surface area contributed by atoms with Crippen LogP contribution in [0.2, 0.25) is 5.02 Å². The summed E-state index contributed by atoms with van der Waals surface area (Å²) in [6.45, 7) is 3.46. The van der Waals surface area contributed by atoms with Crippen LogP contribution in [0.1, 0.15) is 75.8 Å². The topological polar surface area (TPSA) is 75.4 Å². The van der Waals surface area contributed by atoms with Crippen molar-refractivity contribution < 1.29 is 9.59 Å². The Morgan fingerprint density at radius 3 is 2.66 bits per heavy atom. The van der Waals surface area contributed by atoms with Crippen LogP contribution in [0.5, 0.6) is 0 Å². The summed E-state index contributed by atoms with van der Waals surface area (Å²) in [6, 6.07) is 5.56. The molecule has 1 heterocycles. The van der Waals surface area contributed by atoms with Gasteiger partial charge in [-0.05, 0) is 61.3 Å². The molecule has 6 heteroatoms. The molecule has 1 aromatic carbocycles. The van der Waals surface area contributed by atoms with Crippen molar-refractivity contribution in [2.24, 2.45) is 11.7 Å². The normalized spacial score (nSPS) is 22.7. The third-order valence-corrected chi connectivity index (χ3v) is 7.05. The lowest BCUT2D eigenvalue weighted by molar-refractivity contribution is -0.146. The fourth-order valence-electron chi connectivity index (χ4n) is 5.05. The highest BCUT2D eigenvalue weighted by Gasteiger charge is 2.48. The van der Waals surface area contributed by atoms with Gasteiger partial charge in [0.25, 0.3) is 0 Å². The summed E-state index contributed by atoms with van der Waals surface area (Å²) < 4.78 is 0. The van der Waals surface area contributed by atoms with Gasteiger partial charge in [0.05, 0.1) is 0 Å². The predicted molar refractivity (Wildman–Crippen MR) is 116 cm³/mol. The van der Waals surface area contributed by atoms with Gasteiger partial charge in [0, 0.05) is 31.1 Å². The van der Waals surface area contributed by atoms with Crippen molar-refractivity contribution in [2.75, 3.05) is 6.54 Å². The Balaban J connectivity index is 1.69. The molecule has 1 aromatic rings. The number of hydrogen-bond acceptors (Lipinski definition) is 3. The van der Waals surface area contributed by atoms with Gasteiger partial charge in [0.1, 0.15) is 5.54 Å². The first-order valence-electron chi connectivity index (χ1n) is 11.1. The number of hydrogen-bond donors (Lipinski definition) is 2. The van der Waals surface area contributed by atoms with Crippen molar-refractivity contribution in [1.82, 2.24) is 10.2 Å². The molecule has 160 valence electrons. The van der Waals surface area contributed by atoms with Gasteiger partial charge in [0.2, 0.25) is 11.8 Å². The highest BCUT2D eigenvalue weighted by molar-refractivity contribution is 6.30. The van der Waals surface area contributed by atoms with Gasteiger partial charge in [-0.3, -0.25) is 9.59 Å². The molecule has 1 aliphatic heterocycles. The van der Waals surface area contributed by atoms with Gasteiger partial charge in [-0.2, -0.15) is 0 Å². The van der Waals surface area contributed by atoms with Crippen LogP contribution in [0, 0.1) is 5.92 Å². The van der Waals surface area contributed by atoms with E-state index in [0.717, 1.165) is 36.8 Å². The first-order valence-corrected chi connectivity index (χ1v) is 11.4. The second kappa shape index (κ2) is 9.94. The smallest absolute Gasteiger partial charge is 0.246 e. The van der Waals surface area contributed by atoms with Gasteiger partial charge in [-0.15, -0.1) is 0 Å². The molecule has 1 unspecified atom stereocenters. The van der Waals surface area contributed by atoms with Crippen LogP contribution >= 0.6 is 11.6 Å². The van der Waals surface area contributed by atoms with E-state index in [1.54, 1.807) is 0 Å². The number of nitrogens with zero attached hydrogens (tertiary/aromatic N) is 1. The average Bonchev–Trinajstić information content (AvgIpc) is 3.18. The van der Waals surface area contributed by atoms with Crippen LogP contribution in [0.25, 0.3) is 0 Å². The van der Waals surface area contributed by atoms with E-state index < -0.39 is 5.54 Å². The van der Waals surface area contributed by atoms with Crippen LogP contribution in [0.15, 0.2) is 18.2 Å². The summed E-state index contributed by atoms with van der Waals surface area (Å²) in [5.41, 5.74) is 6.99. The largest absolute Gasteiger partial charge is 0.350 e. The second-order valence-electron chi connectivity index (χ2n) is 8.54. The summed E-state index contributed by atoms with van der Waals surface area (Å²) in [4.78, 5) is 28.3. The zero-order chi connectivity index (χ0) is 20.9. The zero-order valence-corrected chi connectivity index (χ0v) is 18.3. The molecule has 0 spiro atoms. The minimum absolute atomic E-state index is 0.0579. The van der Waals surface area contributed by atoms with Crippen LogP contribution in [0.4, 0.5) is 0 Å². The number of carbonyl (C=O) groups excluding carboxylic acids is 2. The van der Waals surface area contributed by atoms with E-state index in [1.165, 1.54) is 19.3 Å². The van der Waals surface area contributed by atoms with E-state index in [1.807, 2.05) is 30.0 Å². The molecule has 1 saturated heterocycles. The number of rotatable bonds is 7. The highest BCUT2D eigenvalue weighted by atomic mass is 35.5. The van der Waals surface area contributed by atoms with Crippen molar-refractivity contribution >= 4 is 23.4 Å². The zero-order valence-electron chi connectivity index (χ0n) is 17.5. The summed E-state index contributed by atoms with van der Waals surface area (Å²) in [5.74, 6) is 0.572. The van der Waals surface area contributed by atoms with E-state index in [4.69, 9.17) is 17.3 Å². The van der Waals surface area contributed by atoms with Gasteiger partial charge >= 0.3 is 0 Å². The Bertz CT molecular complexity index is 733. The number of halogens is 1. The van der Waals surface area contributed by atoms with Gasteiger partial charge < -0.3 is 16.0 Å². The molecule has 1 saturated carbocycles. The van der Waals surface area contributed by atoms with E-state index in [0.29, 0.717) is 43.4 Å². The standard InChI is InChI=1S/C23H34ClN3O2/c1-2-23(22(29)26-16-19-14-20(24)10-9-18(19)15-25)11-6-12-27(23)21(28)13-17-7-4-3-5-8-17/h9-10,14,17H,2-8,11-13,15-16,25H2,1H3,(H,26,29). The molecule has 3 rings (SSSR count). The van der Waals surface area contributed by atoms with Crippen LogP contribution in [-0.2, 0) is 22.7 Å². The number of carbonyl (C=O) groups is 2. The van der Waals surface area contributed by atoms with Crippen LogP contribution in [-0.4, -0.2) is 28.8 Å². The third-order valence-electron chi connectivity index (χ3n) is 6.81. The molecule has 0 radical (unpaired) electrons.